The number of likely N-dealkylation sites (tertiary alicyclic amines) is 1. The zero-order chi connectivity index (χ0) is 12.9. The average Bonchev–Trinajstić information content (AvgIpc) is 2.24. The van der Waals surface area contributed by atoms with Gasteiger partial charge in [-0.3, -0.25) is 11.3 Å². The minimum atomic E-state index is -0.414. The molecule has 0 aromatic heterocycles. The van der Waals surface area contributed by atoms with Crippen LogP contribution in [0.1, 0.15) is 40.0 Å². The number of rotatable bonds is 3. The summed E-state index contributed by atoms with van der Waals surface area (Å²) in [4.78, 5) is 13.7. The molecule has 0 spiro atoms. The summed E-state index contributed by atoms with van der Waals surface area (Å²) in [7, 11) is 0. The third kappa shape index (κ3) is 5.37. The lowest BCUT2D eigenvalue weighted by atomic mass is 9.95. The van der Waals surface area contributed by atoms with Crippen molar-refractivity contribution in [2.24, 2.45) is 11.8 Å². The summed E-state index contributed by atoms with van der Waals surface area (Å²) in [6, 6.07) is 0. The number of carbonyl (C=O) groups is 1. The van der Waals surface area contributed by atoms with E-state index in [9.17, 15) is 4.79 Å². The van der Waals surface area contributed by atoms with Crippen LogP contribution in [0.3, 0.4) is 0 Å². The summed E-state index contributed by atoms with van der Waals surface area (Å²) >= 11 is 0. The third-order valence-electron chi connectivity index (χ3n) is 2.87. The molecule has 3 N–H and O–H groups in total. The van der Waals surface area contributed by atoms with Crippen LogP contribution in [0.25, 0.3) is 0 Å². The molecule has 17 heavy (non-hydrogen) atoms. The fourth-order valence-electron chi connectivity index (χ4n) is 2.08. The van der Waals surface area contributed by atoms with Crippen LogP contribution in [0.5, 0.6) is 0 Å². The maximum absolute atomic E-state index is 11.9. The lowest BCUT2D eigenvalue weighted by molar-refractivity contribution is 0.0162. The first-order valence-corrected chi connectivity index (χ1v) is 6.34. The van der Waals surface area contributed by atoms with Crippen LogP contribution in [0.2, 0.25) is 0 Å². The molecule has 0 bridgehead atoms. The molecule has 0 aliphatic carbocycles. The van der Waals surface area contributed by atoms with E-state index in [1.54, 1.807) is 0 Å². The highest BCUT2D eigenvalue weighted by atomic mass is 16.6. The summed E-state index contributed by atoms with van der Waals surface area (Å²) in [6.45, 7) is 8.07. The molecule has 0 aromatic rings. The molecular weight excluding hydrogens is 218 g/mol. The molecule has 1 amide bonds. The van der Waals surface area contributed by atoms with E-state index < -0.39 is 5.60 Å². The Bertz CT molecular complexity index is 251. The molecule has 1 heterocycles. The maximum Gasteiger partial charge on any atom is 0.410 e. The van der Waals surface area contributed by atoms with Gasteiger partial charge in [-0.15, -0.1) is 0 Å². The first kappa shape index (κ1) is 14.3. The van der Waals surface area contributed by atoms with Crippen molar-refractivity contribution in [3.05, 3.63) is 0 Å². The summed E-state index contributed by atoms with van der Waals surface area (Å²) < 4.78 is 5.38. The van der Waals surface area contributed by atoms with Crippen molar-refractivity contribution in [2.45, 2.75) is 45.6 Å². The number of piperidine rings is 1. The second-order valence-electron chi connectivity index (χ2n) is 5.68. The molecule has 1 aliphatic rings. The van der Waals surface area contributed by atoms with E-state index in [0.717, 1.165) is 32.5 Å². The SMILES string of the molecule is CC(C)(C)OC(=O)N1CCCC(CCNN)C1. The molecule has 1 saturated heterocycles. The maximum atomic E-state index is 11.9. The van der Waals surface area contributed by atoms with Gasteiger partial charge in [-0.2, -0.15) is 0 Å². The second kappa shape index (κ2) is 6.21. The van der Waals surface area contributed by atoms with E-state index in [4.69, 9.17) is 10.6 Å². The van der Waals surface area contributed by atoms with Crippen LogP contribution in [-0.2, 0) is 4.74 Å². The van der Waals surface area contributed by atoms with Gasteiger partial charge in [-0.1, -0.05) is 0 Å². The number of hydrazine groups is 1. The number of hydrogen-bond acceptors (Lipinski definition) is 4. The molecule has 5 heteroatoms. The van der Waals surface area contributed by atoms with Crippen LogP contribution in [-0.4, -0.2) is 36.2 Å². The normalized spacial score (nSPS) is 21.4. The van der Waals surface area contributed by atoms with E-state index in [0.29, 0.717) is 5.92 Å². The summed E-state index contributed by atoms with van der Waals surface area (Å²) in [5.74, 6) is 5.80. The second-order valence-corrected chi connectivity index (χ2v) is 5.68. The molecule has 1 unspecified atom stereocenters. The number of ether oxygens (including phenoxy) is 1. The van der Waals surface area contributed by atoms with Gasteiger partial charge in [0, 0.05) is 19.6 Å². The number of nitrogens with one attached hydrogen (secondary N) is 1. The van der Waals surface area contributed by atoms with Gasteiger partial charge in [-0.05, 0) is 46.0 Å². The summed E-state index contributed by atoms with van der Waals surface area (Å²) in [5, 5.41) is 0. The van der Waals surface area contributed by atoms with E-state index >= 15 is 0 Å². The van der Waals surface area contributed by atoms with E-state index in [1.807, 2.05) is 25.7 Å². The Hall–Kier alpha value is -0.810. The number of hydrogen-bond donors (Lipinski definition) is 2. The number of amides is 1. The Kier molecular flexibility index (Phi) is 5.21. The van der Waals surface area contributed by atoms with Crippen molar-refractivity contribution >= 4 is 6.09 Å². The van der Waals surface area contributed by atoms with E-state index in [-0.39, 0.29) is 6.09 Å². The van der Waals surface area contributed by atoms with Gasteiger partial charge in [0.25, 0.3) is 0 Å². The standard InChI is InChI=1S/C12H25N3O2/c1-12(2,3)17-11(16)15-8-4-5-10(9-15)6-7-14-13/h10,14H,4-9,13H2,1-3H3. The quantitative estimate of drug-likeness (QED) is 0.582. The molecule has 1 aliphatic heterocycles. The molecular formula is C12H25N3O2. The molecule has 1 rings (SSSR count). The first-order chi connectivity index (χ1) is 7.92. The van der Waals surface area contributed by atoms with Gasteiger partial charge in [0.05, 0.1) is 0 Å². The van der Waals surface area contributed by atoms with Gasteiger partial charge in [-0.25, -0.2) is 4.79 Å². The predicted octanol–water partition coefficient (Wildman–Crippen LogP) is 1.49. The lowest BCUT2D eigenvalue weighted by Crippen LogP contribution is -2.43. The molecule has 100 valence electrons. The Labute approximate surface area is 104 Å². The Balaban J connectivity index is 2.40. The van der Waals surface area contributed by atoms with Gasteiger partial charge in [0.2, 0.25) is 0 Å². The molecule has 1 fully saturated rings. The smallest absolute Gasteiger partial charge is 0.410 e. The average molecular weight is 243 g/mol. The van der Waals surface area contributed by atoms with Crippen molar-refractivity contribution in [3.8, 4) is 0 Å². The highest BCUT2D eigenvalue weighted by Gasteiger charge is 2.27. The number of nitrogens with two attached hydrogens (primary N) is 1. The largest absolute Gasteiger partial charge is 0.444 e. The van der Waals surface area contributed by atoms with Gasteiger partial charge >= 0.3 is 6.09 Å². The molecule has 0 aromatic carbocycles. The number of nitrogens with zero attached hydrogens (tertiary/aromatic N) is 1. The molecule has 5 nitrogen and oxygen atoms in total. The fourth-order valence-corrected chi connectivity index (χ4v) is 2.08. The van der Waals surface area contributed by atoms with Crippen LogP contribution in [0.4, 0.5) is 4.79 Å². The zero-order valence-electron chi connectivity index (χ0n) is 11.2. The summed E-state index contributed by atoms with van der Waals surface area (Å²) in [6.07, 6.45) is 3.04. The monoisotopic (exact) mass is 243 g/mol. The first-order valence-electron chi connectivity index (χ1n) is 6.34. The third-order valence-corrected chi connectivity index (χ3v) is 2.87. The Morgan fingerprint density at radius 2 is 2.24 bits per heavy atom. The van der Waals surface area contributed by atoms with Gasteiger partial charge in [0.15, 0.2) is 0 Å². The highest BCUT2D eigenvalue weighted by molar-refractivity contribution is 5.68. The summed E-state index contributed by atoms with van der Waals surface area (Å²) in [5.41, 5.74) is 2.25. The van der Waals surface area contributed by atoms with Crippen molar-refractivity contribution in [2.75, 3.05) is 19.6 Å². The van der Waals surface area contributed by atoms with E-state index in [2.05, 4.69) is 5.43 Å². The Morgan fingerprint density at radius 3 is 2.82 bits per heavy atom. The zero-order valence-corrected chi connectivity index (χ0v) is 11.2. The Morgan fingerprint density at radius 1 is 1.53 bits per heavy atom. The fraction of sp³-hybridized carbons (Fsp3) is 0.917. The highest BCUT2D eigenvalue weighted by Crippen LogP contribution is 2.21. The van der Waals surface area contributed by atoms with Crippen molar-refractivity contribution in [1.29, 1.82) is 0 Å². The molecule has 0 radical (unpaired) electrons. The van der Waals surface area contributed by atoms with Gasteiger partial charge < -0.3 is 9.64 Å². The van der Waals surface area contributed by atoms with Crippen LogP contribution >= 0.6 is 0 Å². The van der Waals surface area contributed by atoms with Crippen LogP contribution < -0.4 is 11.3 Å². The van der Waals surface area contributed by atoms with E-state index in [1.165, 1.54) is 6.42 Å². The minimum Gasteiger partial charge on any atom is -0.444 e. The van der Waals surface area contributed by atoms with Crippen molar-refractivity contribution in [1.82, 2.24) is 10.3 Å². The van der Waals surface area contributed by atoms with Crippen LogP contribution in [0.15, 0.2) is 0 Å². The van der Waals surface area contributed by atoms with Crippen molar-refractivity contribution in [3.63, 3.8) is 0 Å². The van der Waals surface area contributed by atoms with Crippen molar-refractivity contribution < 1.29 is 9.53 Å². The lowest BCUT2D eigenvalue weighted by Gasteiger charge is -2.34. The van der Waals surface area contributed by atoms with Gasteiger partial charge in [0.1, 0.15) is 5.60 Å². The minimum absolute atomic E-state index is 0.192. The number of carbonyl (C=O) groups excluding carboxylic acids is 1. The predicted molar refractivity (Wildman–Crippen MR) is 67.3 cm³/mol. The topological polar surface area (TPSA) is 67.6 Å². The molecule has 1 atom stereocenters. The molecule has 0 saturated carbocycles. The van der Waals surface area contributed by atoms with Crippen LogP contribution in [0, 0.1) is 5.92 Å².